The van der Waals surface area contributed by atoms with Crippen LogP contribution in [0, 0.1) is 11.8 Å². The predicted octanol–water partition coefficient (Wildman–Crippen LogP) is 1.22. The van der Waals surface area contributed by atoms with Gasteiger partial charge in [0.1, 0.15) is 0 Å². The smallest absolute Gasteiger partial charge is 0.392 e. The van der Waals surface area contributed by atoms with Crippen LogP contribution < -0.4 is 11.1 Å². The number of rotatable bonds is 3. The van der Waals surface area contributed by atoms with Gasteiger partial charge < -0.3 is 16.3 Å². The minimum atomic E-state index is -4.36. The van der Waals surface area contributed by atoms with Gasteiger partial charge in [0.15, 0.2) is 5.84 Å². The van der Waals surface area contributed by atoms with Crippen LogP contribution in [0.15, 0.2) is 5.16 Å². The highest BCUT2D eigenvalue weighted by molar-refractivity contribution is 5.87. The molecular weight excluding hydrogens is 251 g/mol. The van der Waals surface area contributed by atoms with Crippen molar-refractivity contribution in [2.45, 2.75) is 31.9 Å². The van der Waals surface area contributed by atoms with Gasteiger partial charge in [-0.1, -0.05) is 18.0 Å². The van der Waals surface area contributed by atoms with E-state index in [4.69, 9.17) is 10.9 Å². The second kappa shape index (κ2) is 5.92. The normalized spacial score (nSPS) is 25.8. The molecule has 0 bridgehead atoms. The number of nitrogens with two attached hydrogens (primary N) is 1. The average molecular weight is 267 g/mol. The number of alkyl halides is 3. The molecule has 2 unspecified atom stereocenters. The minimum Gasteiger partial charge on any atom is -0.409 e. The maximum atomic E-state index is 12.7. The molecule has 104 valence electrons. The number of carbonyl (C=O) groups is 1. The molecule has 1 amide bonds. The molecule has 0 heterocycles. The van der Waals surface area contributed by atoms with Crippen molar-refractivity contribution in [1.82, 2.24) is 5.32 Å². The summed E-state index contributed by atoms with van der Waals surface area (Å²) in [7, 11) is 0. The molecule has 0 radical (unpaired) electrons. The van der Waals surface area contributed by atoms with Crippen molar-refractivity contribution in [3.05, 3.63) is 0 Å². The first-order chi connectivity index (χ1) is 8.36. The van der Waals surface area contributed by atoms with E-state index in [-0.39, 0.29) is 25.2 Å². The zero-order chi connectivity index (χ0) is 13.8. The summed E-state index contributed by atoms with van der Waals surface area (Å²) in [5.74, 6) is -3.62. The third kappa shape index (κ3) is 3.78. The number of amides is 1. The van der Waals surface area contributed by atoms with Gasteiger partial charge in [-0.3, -0.25) is 4.79 Å². The first-order valence-corrected chi connectivity index (χ1v) is 5.67. The monoisotopic (exact) mass is 267 g/mol. The Morgan fingerprint density at radius 2 is 2.00 bits per heavy atom. The van der Waals surface area contributed by atoms with Crippen LogP contribution in [0.4, 0.5) is 13.2 Å². The largest absolute Gasteiger partial charge is 0.409 e. The number of amidine groups is 1. The number of halogens is 3. The zero-order valence-corrected chi connectivity index (χ0v) is 9.70. The van der Waals surface area contributed by atoms with E-state index in [1.54, 1.807) is 0 Å². The molecule has 18 heavy (non-hydrogen) atoms. The molecule has 5 nitrogen and oxygen atoms in total. The van der Waals surface area contributed by atoms with Gasteiger partial charge in [-0.05, 0) is 12.8 Å². The average Bonchev–Trinajstić information content (AvgIpc) is 2.34. The molecular formula is C10H16F3N3O2. The molecule has 1 fully saturated rings. The van der Waals surface area contributed by atoms with E-state index in [2.05, 4.69) is 10.5 Å². The lowest BCUT2D eigenvalue weighted by Crippen LogP contribution is -2.44. The summed E-state index contributed by atoms with van der Waals surface area (Å²) in [6.45, 7) is -0.254. The molecule has 8 heteroatoms. The Morgan fingerprint density at radius 3 is 2.56 bits per heavy atom. The van der Waals surface area contributed by atoms with E-state index in [1.165, 1.54) is 0 Å². The van der Waals surface area contributed by atoms with Gasteiger partial charge in [0, 0.05) is 5.92 Å². The third-order valence-electron chi connectivity index (χ3n) is 3.10. The first-order valence-electron chi connectivity index (χ1n) is 5.67. The lowest BCUT2D eigenvalue weighted by molar-refractivity contribution is -0.198. The van der Waals surface area contributed by atoms with Crippen molar-refractivity contribution >= 4 is 11.7 Å². The van der Waals surface area contributed by atoms with Crippen molar-refractivity contribution in [2.75, 3.05) is 6.54 Å². The van der Waals surface area contributed by atoms with Crippen LogP contribution in [-0.4, -0.2) is 29.7 Å². The van der Waals surface area contributed by atoms with E-state index in [9.17, 15) is 18.0 Å². The number of oxime groups is 1. The van der Waals surface area contributed by atoms with Crippen LogP contribution in [0.1, 0.15) is 25.7 Å². The van der Waals surface area contributed by atoms with E-state index >= 15 is 0 Å². The van der Waals surface area contributed by atoms with Gasteiger partial charge in [0.05, 0.1) is 12.5 Å². The number of nitrogens with one attached hydrogen (secondary N) is 1. The summed E-state index contributed by atoms with van der Waals surface area (Å²) in [5.41, 5.74) is 5.13. The van der Waals surface area contributed by atoms with Crippen molar-refractivity contribution in [3.8, 4) is 0 Å². The Kier molecular flexibility index (Phi) is 4.80. The minimum absolute atomic E-state index is 0.0227. The van der Waals surface area contributed by atoms with Gasteiger partial charge in [0.25, 0.3) is 0 Å². The molecule has 1 saturated carbocycles. The van der Waals surface area contributed by atoms with Crippen molar-refractivity contribution < 1.29 is 23.2 Å². The van der Waals surface area contributed by atoms with E-state index in [0.717, 1.165) is 0 Å². The molecule has 0 aromatic carbocycles. The molecule has 1 aliphatic rings. The SMILES string of the molecule is NC(CNC(=O)C1CCCCC1C(F)(F)F)=NO. The van der Waals surface area contributed by atoms with Crippen LogP contribution >= 0.6 is 0 Å². The molecule has 1 rings (SSSR count). The Hall–Kier alpha value is -1.47. The maximum Gasteiger partial charge on any atom is 0.392 e. The lowest BCUT2D eigenvalue weighted by Gasteiger charge is -2.31. The fourth-order valence-electron chi connectivity index (χ4n) is 2.18. The summed E-state index contributed by atoms with van der Waals surface area (Å²) in [5, 5.41) is 13.2. The first kappa shape index (κ1) is 14.6. The van der Waals surface area contributed by atoms with Crippen molar-refractivity contribution in [2.24, 2.45) is 22.7 Å². The fourth-order valence-corrected chi connectivity index (χ4v) is 2.18. The van der Waals surface area contributed by atoms with Gasteiger partial charge in [-0.15, -0.1) is 0 Å². The van der Waals surface area contributed by atoms with Gasteiger partial charge in [-0.2, -0.15) is 13.2 Å². The highest BCUT2D eigenvalue weighted by Gasteiger charge is 2.47. The second-order valence-corrected chi connectivity index (χ2v) is 4.35. The number of carbonyl (C=O) groups excluding carboxylic acids is 1. The Labute approximate surface area is 102 Å². The van der Waals surface area contributed by atoms with Gasteiger partial charge in [0.2, 0.25) is 5.91 Å². The van der Waals surface area contributed by atoms with Crippen molar-refractivity contribution in [3.63, 3.8) is 0 Å². The summed E-state index contributed by atoms with van der Waals surface area (Å²) in [6.07, 6.45) is -3.08. The number of hydrogen-bond acceptors (Lipinski definition) is 3. The number of hydrogen-bond donors (Lipinski definition) is 3. The van der Waals surface area contributed by atoms with E-state index < -0.39 is 23.9 Å². The molecule has 2 atom stereocenters. The summed E-state index contributed by atoms with van der Waals surface area (Å²) in [6, 6.07) is 0. The molecule has 0 spiro atoms. The highest BCUT2D eigenvalue weighted by atomic mass is 19.4. The molecule has 0 aromatic heterocycles. The Balaban J connectivity index is 2.63. The standard InChI is InChI=1S/C10H16F3N3O2/c11-10(12,13)7-4-2-1-3-6(7)9(17)15-5-8(14)16-18/h6-7,18H,1-5H2,(H2,14,16)(H,15,17). The van der Waals surface area contributed by atoms with Crippen LogP contribution in [0.3, 0.4) is 0 Å². The zero-order valence-electron chi connectivity index (χ0n) is 9.70. The summed E-state index contributed by atoms with van der Waals surface area (Å²) >= 11 is 0. The Morgan fingerprint density at radius 1 is 1.39 bits per heavy atom. The summed E-state index contributed by atoms with van der Waals surface area (Å²) < 4.78 is 38.2. The summed E-state index contributed by atoms with van der Waals surface area (Å²) in [4.78, 5) is 11.7. The predicted molar refractivity (Wildman–Crippen MR) is 57.9 cm³/mol. The van der Waals surface area contributed by atoms with Crippen LogP contribution in [-0.2, 0) is 4.79 Å². The maximum absolute atomic E-state index is 12.7. The van der Waals surface area contributed by atoms with Crippen molar-refractivity contribution in [1.29, 1.82) is 0 Å². The molecule has 0 aromatic rings. The van der Waals surface area contributed by atoms with Crippen LogP contribution in [0.5, 0.6) is 0 Å². The van der Waals surface area contributed by atoms with E-state index in [1.807, 2.05) is 0 Å². The molecule has 1 aliphatic carbocycles. The lowest BCUT2D eigenvalue weighted by atomic mass is 9.78. The van der Waals surface area contributed by atoms with Crippen LogP contribution in [0.25, 0.3) is 0 Å². The molecule has 0 saturated heterocycles. The highest BCUT2D eigenvalue weighted by Crippen LogP contribution is 2.41. The fraction of sp³-hybridized carbons (Fsp3) is 0.800. The van der Waals surface area contributed by atoms with E-state index in [0.29, 0.717) is 12.8 Å². The quantitative estimate of drug-likeness (QED) is 0.311. The topological polar surface area (TPSA) is 87.7 Å². The van der Waals surface area contributed by atoms with Gasteiger partial charge >= 0.3 is 6.18 Å². The van der Waals surface area contributed by atoms with Crippen LogP contribution in [0.2, 0.25) is 0 Å². The molecule has 4 N–H and O–H groups in total. The third-order valence-corrected chi connectivity index (χ3v) is 3.10. The van der Waals surface area contributed by atoms with Gasteiger partial charge in [-0.25, -0.2) is 0 Å². The number of nitrogens with zero attached hydrogens (tertiary/aromatic N) is 1. The second-order valence-electron chi connectivity index (χ2n) is 4.35. The molecule has 0 aliphatic heterocycles. The Bertz CT molecular complexity index is 331.